The van der Waals surface area contributed by atoms with Crippen LogP contribution in [0.3, 0.4) is 0 Å². The molecular formula is C7H14ClNO2. The summed E-state index contributed by atoms with van der Waals surface area (Å²) in [6, 6.07) is 0. The van der Waals surface area contributed by atoms with Crippen molar-refractivity contribution < 1.29 is 9.84 Å². The number of hydrogen-bond donors (Lipinski definition) is 2. The lowest BCUT2D eigenvalue weighted by Crippen LogP contribution is -2.30. The molecule has 0 spiro atoms. The van der Waals surface area contributed by atoms with Gasteiger partial charge in [-0.25, -0.2) is 0 Å². The largest absolute Gasteiger partial charge is 0.389 e. The zero-order valence-corrected chi connectivity index (χ0v) is 7.40. The molecule has 1 atom stereocenters. The Morgan fingerprint density at radius 3 is 2.91 bits per heavy atom. The Labute approximate surface area is 72.0 Å². The molecule has 66 valence electrons. The van der Waals surface area contributed by atoms with Crippen LogP contribution in [0.15, 0.2) is 11.6 Å². The fraction of sp³-hybridized carbons (Fsp3) is 0.714. The average molecular weight is 180 g/mol. The topological polar surface area (TPSA) is 41.5 Å². The molecule has 0 fully saturated rings. The third kappa shape index (κ3) is 7.81. The van der Waals surface area contributed by atoms with E-state index in [-0.39, 0.29) is 0 Å². The summed E-state index contributed by atoms with van der Waals surface area (Å²) in [5, 5.41) is 12.5. The molecule has 1 unspecified atom stereocenters. The van der Waals surface area contributed by atoms with Crippen LogP contribution in [0.25, 0.3) is 0 Å². The molecule has 3 nitrogen and oxygen atoms in total. The van der Waals surface area contributed by atoms with Gasteiger partial charge >= 0.3 is 0 Å². The Hall–Kier alpha value is -0.0900. The third-order valence-corrected chi connectivity index (χ3v) is 1.19. The highest BCUT2D eigenvalue weighted by molar-refractivity contribution is 6.29. The van der Waals surface area contributed by atoms with Gasteiger partial charge < -0.3 is 15.2 Å². The first kappa shape index (κ1) is 10.9. The van der Waals surface area contributed by atoms with E-state index in [0.29, 0.717) is 24.7 Å². The van der Waals surface area contributed by atoms with Gasteiger partial charge in [0.15, 0.2) is 0 Å². The lowest BCUT2D eigenvalue weighted by atomic mass is 10.4. The molecule has 0 aliphatic rings. The fourth-order valence-electron chi connectivity index (χ4n) is 0.626. The first-order valence-corrected chi connectivity index (χ1v) is 3.75. The minimum absolute atomic E-state index is 0.335. The highest BCUT2D eigenvalue weighted by Crippen LogP contribution is 1.92. The Balaban J connectivity index is 3.16. The Kier molecular flexibility index (Phi) is 6.56. The number of ether oxygens (including phenoxy) is 1. The second-order valence-corrected chi connectivity index (χ2v) is 2.79. The summed E-state index contributed by atoms with van der Waals surface area (Å²) >= 11 is 5.47. The van der Waals surface area contributed by atoms with Crippen molar-refractivity contribution in [1.82, 2.24) is 5.32 Å². The van der Waals surface area contributed by atoms with E-state index in [2.05, 4.69) is 11.9 Å². The average Bonchev–Trinajstić information content (AvgIpc) is 1.87. The molecular weight excluding hydrogens is 166 g/mol. The predicted octanol–water partition coefficient (Wildman–Crippen LogP) is 0.336. The molecule has 0 aliphatic heterocycles. The summed E-state index contributed by atoms with van der Waals surface area (Å²) in [4.78, 5) is 0. The lowest BCUT2D eigenvalue weighted by molar-refractivity contribution is 0.0652. The number of halogens is 1. The summed E-state index contributed by atoms with van der Waals surface area (Å²) in [5.41, 5.74) is 0. The van der Waals surface area contributed by atoms with Crippen molar-refractivity contribution in [2.75, 3.05) is 26.8 Å². The minimum atomic E-state index is -0.476. The first-order chi connectivity index (χ1) is 5.16. The van der Waals surface area contributed by atoms with E-state index in [0.717, 1.165) is 0 Å². The van der Waals surface area contributed by atoms with Gasteiger partial charge in [0.1, 0.15) is 0 Å². The SMILES string of the molecule is C=C(Cl)CNCC(O)COC. The van der Waals surface area contributed by atoms with Gasteiger partial charge in [-0.15, -0.1) is 0 Å². The van der Waals surface area contributed by atoms with Gasteiger partial charge in [-0.2, -0.15) is 0 Å². The first-order valence-electron chi connectivity index (χ1n) is 3.37. The van der Waals surface area contributed by atoms with Crippen molar-refractivity contribution in [2.45, 2.75) is 6.10 Å². The van der Waals surface area contributed by atoms with Crippen molar-refractivity contribution in [3.8, 4) is 0 Å². The van der Waals surface area contributed by atoms with Crippen LogP contribution in [-0.4, -0.2) is 38.0 Å². The van der Waals surface area contributed by atoms with Crippen LogP contribution < -0.4 is 5.32 Å². The Bertz CT molecular complexity index is 119. The van der Waals surface area contributed by atoms with Gasteiger partial charge in [-0.3, -0.25) is 0 Å². The van der Waals surface area contributed by atoms with Crippen LogP contribution in [0, 0.1) is 0 Å². The zero-order chi connectivity index (χ0) is 8.69. The van der Waals surface area contributed by atoms with Gasteiger partial charge in [-0.05, 0) is 0 Å². The van der Waals surface area contributed by atoms with Gasteiger partial charge in [0, 0.05) is 25.2 Å². The lowest BCUT2D eigenvalue weighted by Gasteiger charge is -2.09. The van der Waals surface area contributed by atoms with Crippen molar-refractivity contribution in [1.29, 1.82) is 0 Å². The van der Waals surface area contributed by atoms with Gasteiger partial charge in [0.05, 0.1) is 12.7 Å². The molecule has 2 N–H and O–H groups in total. The van der Waals surface area contributed by atoms with E-state index in [1.165, 1.54) is 0 Å². The van der Waals surface area contributed by atoms with Crippen LogP contribution in [0.5, 0.6) is 0 Å². The summed E-state index contributed by atoms with van der Waals surface area (Å²) in [6.07, 6.45) is -0.476. The standard InChI is InChI=1S/C7H14ClNO2/c1-6(8)3-9-4-7(10)5-11-2/h7,9-10H,1,3-5H2,2H3. The molecule has 4 heteroatoms. The number of hydrogen-bond acceptors (Lipinski definition) is 3. The maximum Gasteiger partial charge on any atom is 0.0897 e. The molecule has 11 heavy (non-hydrogen) atoms. The summed E-state index contributed by atoms with van der Waals surface area (Å²) in [5.74, 6) is 0. The second kappa shape index (κ2) is 6.61. The van der Waals surface area contributed by atoms with E-state index in [1.54, 1.807) is 7.11 Å². The normalized spacial score (nSPS) is 13.0. The van der Waals surface area contributed by atoms with E-state index in [4.69, 9.17) is 21.4 Å². The van der Waals surface area contributed by atoms with Crippen LogP contribution in [0.1, 0.15) is 0 Å². The highest BCUT2D eigenvalue weighted by Gasteiger charge is 2.01. The molecule has 0 saturated heterocycles. The molecule has 0 rings (SSSR count). The van der Waals surface area contributed by atoms with Crippen LogP contribution in [0.4, 0.5) is 0 Å². The highest BCUT2D eigenvalue weighted by atomic mass is 35.5. The van der Waals surface area contributed by atoms with Gasteiger partial charge in [-0.1, -0.05) is 18.2 Å². The number of rotatable bonds is 6. The van der Waals surface area contributed by atoms with Gasteiger partial charge in [0.25, 0.3) is 0 Å². The van der Waals surface area contributed by atoms with Crippen LogP contribution >= 0.6 is 11.6 Å². The van der Waals surface area contributed by atoms with Crippen molar-refractivity contribution in [3.63, 3.8) is 0 Å². The maximum atomic E-state index is 9.10. The van der Waals surface area contributed by atoms with E-state index in [9.17, 15) is 0 Å². The quantitative estimate of drug-likeness (QED) is 0.618. The zero-order valence-electron chi connectivity index (χ0n) is 6.64. The van der Waals surface area contributed by atoms with Crippen LogP contribution in [-0.2, 0) is 4.74 Å². The summed E-state index contributed by atoms with van der Waals surface area (Å²) in [7, 11) is 1.55. The second-order valence-electron chi connectivity index (χ2n) is 2.26. The molecule has 0 aromatic rings. The number of methoxy groups -OCH3 is 1. The molecule has 0 saturated carbocycles. The van der Waals surface area contributed by atoms with Crippen molar-refractivity contribution in [2.24, 2.45) is 0 Å². The monoisotopic (exact) mass is 179 g/mol. The van der Waals surface area contributed by atoms with E-state index >= 15 is 0 Å². The van der Waals surface area contributed by atoms with Gasteiger partial charge in [0.2, 0.25) is 0 Å². The molecule has 0 amide bonds. The molecule has 0 aromatic heterocycles. The predicted molar refractivity (Wildman–Crippen MR) is 45.7 cm³/mol. The maximum absolute atomic E-state index is 9.10. The molecule has 0 aliphatic carbocycles. The van der Waals surface area contributed by atoms with E-state index in [1.807, 2.05) is 0 Å². The number of nitrogens with one attached hydrogen (secondary N) is 1. The summed E-state index contributed by atoms with van der Waals surface area (Å²) in [6.45, 7) is 4.81. The van der Waals surface area contributed by atoms with Crippen molar-refractivity contribution in [3.05, 3.63) is 11.6 Å². The van der Waals surface area contributed by atoms with Crippen molar-refractivity contribution >= 4 is 11.6 Å². The summed E-state index contributed by atoms with van der Waals surface area (Å²) < 4.78 is 4.72. The Morgan fingerprint density at radius 2 is 2.45 bits per heavy atom. The number of aliphatic hydroxyl groups is 1. The van der Waals surface area contributed by atoms with E-state index < -0.39 is 6.10 Å². The molecule has 0 heterocycles. The fourth-order valence-corrected chi connectivity index (χ4v) is 0.720. The minimum Gasteiger partial charge on any atom is -0.389 e. The number of aliphatic hydroxyl groups excluding tert-OH is 1. The molecule has 0 bridgehead atoms. The Morgan fingerprint density at radius 1 is 1.82 bits per heavy atom. The third-order valence-electron chi connectivity index (χ3n) is 1.06. The smallest absolute Gasteiger partial charge is 0.0897 e. The molecule has 0 radical (unpaired) electrons. The molecule has 0 aromatic carbocycles. The van der Waals surface area contributed by atoms with Crippen LogP contribution in [0.2, 0.25) is 0 Å².